The van der Waals surface area contributed by atoms with Crippen LogP contribution in [0.1, 0.15) is 42.4 Å². The Kier molecular flexibility index (Phi) is 4.85. The molecule has 1 N–H and O–H groups in total. The molecule has 0 saturated carbocycles. The molecule has 0 spiro atoms. The average molecular weight is 368 g/mol. The highest BCUT2D eigenvalue weighted by Crippen LogP contribution is 2.38. The Balaban J connectivity index is 2.36. The predicted molar refractivity (Wildman–Crippen MR) is 78.7 cm³/mol. The van der Waals surface area contributed by atoms with Crippen LogP contribution >= 0.6 is 11.6 Å². The van der Waals surface area contributed by atoms with Gasteiger partial charge in [-0.05, 0) is 19.3 Å². The largest absolute Gasteiger partial charge is 0.481 e. The zero-order valence-corrected chi connectivity index (χ0v) is 13.9. The minimum atomic E-state index is -4.77. The number of aryl methyl sites for hydroxylation is 1. The number of carboxylic acid groups (broad SMARTS) is 1. The maximum Gasteiger partial charge on any atom is 0.436 e. The lowest BCUT2D eigenvalue weighted by Gasteiger charge is -2.39. The number of rotatable bonds is 3. The van der Waals surface area contributed by atoms with Crippen LogP contribution in [0.15, 0.2) is 0 Å². The molecule has 1 saturated heterocycles. The zero-order valence-electron chi connectivity index (χ0n) is 13.2. The normalized spacial score (nSPS) is 21.8. The summed E-state index contributed by atoms with van der Waals surface area (Å²) in [7, 11) is 1.20. The highest BCUT2D eigenvalue weighted by atomic mass is 35.5. The monoisotopic (exact) mass is 367 g/mol. The van der Waals surface area contributed by atoms with Crippen LogP contribution in [-0.2, 0) is 18.0 Å². The number of carbonyl (C=O) groups excluding carboxylic acids is 1. The lowest BCUT2D eigenvalue weighted by molar-refractivity contribution is -0.152. The van der Waals surface area contributed by atoms with Gasteiger partial charge in [-0.2, -0.15) is 18.3 Å². The lowest BCUT2D eigenvalue weighted by atomic mass is 9.77. The lowest BCUT2D eigenvalue weighted by Crippen LogP contribution is -2.50. The summed E-state index contributed by atoms with van der Waals surface area (Å²) >= 11 is 5.73. The number of carboxylic acids is 1. The molecule has 1 fully saturated rings. The Morgan fingerprint density at radius 1 is 1.42 bits per heavy atom. The second-order valence-electron chi connectivity index (χ2n) is 5.90. The van der Waals surface area contributed by atoms with Crippen LogP contribution < -0.4 is 0 Å². The topological polar surface area (TPSA) is 75.4 Å². The van der Waals surface area contributed by atoms with Gasteiger partial charge in [-0.25, -0.2) is 0 Å². The van der Waals surface area contributed by atoms with Crippen molar-refractivity contribution < 1.29 is 27.9 Å². The van der Waals surface area contributed by atoms with E-state index in [0.717, 1.165) is 4.68 Å². The maximum absolute atomic E-state index is 12.9. The Hall–Kier alpha value is -1.77. The zero-order chi connectivity index (χ0) is 18.3. The van der Waals surface area contributed by atoms with E-state index in [9.17, 15) is 27.9 Å². The molecule has 1 aliphatic heterocycles. The molecule has 1 amide bonds. The van der Waals surface area contributed by atoms with Crippen LogP contribution in [0.4, 0.5) is 13.2 Å². The van der Waals surface area contributed by atoms with Crippen LogP contribution in [0, 0.1) is 5.41 Å². The summed E-state index contributed by atoms with van der Waals surface area (Å²) in [6.45, 7) is 1.90. The average Bonchev–Trinajstić information content (AvgIpc) is 2.81. The van der Waals surface area contributed by atoms with E-state index >= 15 is 0 Å². The quantitative estimate of drug-likeness (QED) is 0.891. The van der Waals surface area contributed by atoms with Crippen molar-refractivity contribution in [3.8, 4) is 0 Å². The number of nitrogens with zero attached hydrogens (tertiary/aromatic N) is 3. The second kappa shape index (κ2) is 6.27. The van der Waals surface area contributed by atoms with E-state index in [4.69, 9.17) is 11.6 Å². The molecule has 0 aromatic carbocycles. The number of likely N-dealkylation sites (tertiary alicyclic amines) is 1. The van der Waals surface area contributed by atoms with Crippen LogP contribution in [-0.4, -0.2) is 44.8 Å². The number of alkyl halides is 3. The third-order valence-corrected chi connectivity index (χ3v) is 4.81. The van der Waals surface area contributed by atoms with Gasteiger partial charge in [0.2, 0.25) is 0 Å². The van der Waals surface area contributed by atoms with E-state index in [1.54, 1.807) is 6.92 Å². The first kappa shape index (κ1) is 18.6. The third-order valence-electron chi connectivity index (χ3n) is 4.46. The number of aliphatic carboxylic acids is 1. The molecule has 0 aliphatic carbocycles. The van der Waals surface area contributed by atoms with E-state index in [2.05, 4.69) is 5.10 Å². The molecular formula is C14H17ClF3N3O3. The molecule has 6 nitrogen and oxygen atoms in total. The fraction of sp³-hybridized carbons (Fsp3) is 0.643. The van der Waals surface area contributed by atoms with Gasteiger partial charge in [0.1, 0.15) is 10.7 Å². The molecule has 0 bridgehead atoms. The van der Waals surface area contributed by atoms with E-state index in [0.29, 0.717) is 19.3 Å². The molecule has 2 heterocycles. The standard InChI is InChI=1S/C14H17ClF3N3O3/c1-3-13(12(23)24)5-4-6-21(7-13)11(22)9-8(15)10(14(16,17)18)19-20(9)2/h3-7H2,1-2H3,(H,23,24)/t13-/m0/s1. The Bertz CT molecular complexity index is 674. The van der Waals surface area contributed by atoms with Crippen LogP contribution in [0.25, 0.3) is 0 Å². The summed E-state index contributed by atoms with van der Waals surface area (Å²) in [4.78, 5) is 25.4. The summed E-state index contributed by atoms with van der Waals surface area (Å²) in [6, 6.07) is 0. The molecule has 0 radical (unpaired) electrons. The van der Waals surface area contributed by atoms with Gasteiger partial charge in [0.05, 0.1) is 5.41 Å². The van der Waals surface area contributed by atoms with Crippen molar-refractivity contribution in [1.29, 1.82) is 0 Å². The minimum Gasteiger partial charge on any atom is -0.481 e. The molecule has 1 atom stereocenters. The minimum absolute atomic E-state index is 0.0689. The van der Waals surface area contributed by atoms with Crippen LogP contribution in [0.5, 0.6) is 0 Å². The number of hydrogen-bond donors (Lipinski definition) is 1. The van der Waals surface area contributed by atoms with Gasteiger partial charge in [0.25, 0.3) is 5.91 Å². The Morgan fingerprint density at radius 2 is 2.04 bits per heavy atom. The third kappa shape index (κ3) is 3.09. The smallest absolute Gasteiger partial charge is 0.436 e. The van der Waals surface area contributed by atoms with Crippen molar-refractivity contribution in [2.45, 2.75) is 32.4 Å². The van der Waals surface area contributed by atoms with Gasteiger partial charge in [-0.1, -0.05) is 18.5 Å². The summed E-state index contributed by atoms with van der Waals surface area (Å²) in [5.41, 5.74) is -2.81. The molecule has 0 unspecified atom stereocenters. The number of hydrogen-bond acceptors (Lipinski definition) is 3. The van der Waals surface area contributed by atoms with Gasteiger partial charge in [-0.15, -0.1) is 0 Å². The first-order valence-corrected chi connectivity index (χ1v) is 7.73. The fourth-order valence-corrected chi connectivity index (χ4v) is 3.33. The van der Waals surface area contributed by atoms with Gasteiger partial charge in [0.15, 0.2) is 5.69 Å². The van der Waals surface area contributed by atoms with Gasteiger partial charge in [0, 0.05) is 20.1 Å². The number of carbonyl (C=O) groups is 2. The summed E-state index contributed by atoms with van der Waals surface area (Å²) in [6.07, 6.45) is -3.59. The van der Waals surface area contributed by atoms with Crippen LogP contribution in [0.3, 0.4) is 0 Å². The first-order chi connectivity index (χ1) is 11.0. The second-order valence-corrected chi connectivity index (χ2v) is 6.28. The van der Waals surface area contributed by atoms with E-state index in [-0.39, 0.29) is 18.8 Å². The summed E-state index contributed by atoms with van der Waals surface area (Å²) < 4.78 is 39.4. The van der Waals surface area contributed by atoms with Crippen molar-refractivity contribution in [2.24, 2.45) is 12.5 Å². The van der Waals surface area contributed by atoms with Crippen molar-refractivity contribution in [2.75, 3.05) is 13.1 Å². The molecule has 134 valence electrons. The molecule has 2 rings (SSSR count). The first-order valence-electron chi connectivity index (χ1n) is 7.36. The highest BCUT2D eigenvalue weighted by molar-refractivity contribution is 6.34. The molecule has 1 aliphatic rings. The number of piperidine rings is 1. The van der Waals surface area contributed by atoms with E-state index in [1.807, 2.05) is 0 Å². The van der Waals surface area contributed by atoms with Crippen molar-refractivity contribution in [3.63, 3.8) is 0 Å². The predicted octanol–water partition coefficient (Wildman–Crippen LogP) is 2.81. The molecule has 1 aromatic heterocycles. The van der Waals surface area contributed by atoms with Gasteiger partial charge < -0.3 is 10.0 Å². The number of aromatic nitrogens is 2. The van der Waals surface area contributed by atoms with Gasteiger partial charge >= 0.3 is 12.1 Å². The van der Waals surface area contributed by atoms with Crippen molar-refractivity contribution in [1.82, 2.24) is 14.7 Å². The highest BCUT2D eigenvalue weighted by Gasteiger charge is 2.44. The fourth-order valence-electron chi connectivity index (χ4n) is 2.98. The molecule has 24 heavy (non-hydrogen) atoms. The molecule has 1 aromatic rings. The van der Waals surface area contributed by atoms with Crippen LogP contribution in [0.2, 0.25) is 5.02 Å². The Morgan fingerprint density at radius 3 is 2.50 bits per heavy atom. The summed E-state index contributed by atoms with van der Waals surface area (Å²) in [5.74, 6) is -1.76. The number of amides is 1. The van der Waals surface area contributed by atoms with Crippen molar-refractivity contribution in [3.05, 3.63) is 16.4 Å². The maximum atomic E-state index is 12.9. The summed E-state index contributed by atoms with van der Waals surface area (Å²) in [5, 5.41) is 12.0. The van der Waals surface area contributed by atoms with Crippen molar-refractivity contribution >= 4 is 23.5 Å². The van der Waals surface area contributed by atoms with E-state index < -0.39 is 34.2 Å². The molecule has 10 heteroatoms. The SMILES string of the molecule is CC[C@]1(C(=O)O)CCCN(C(=O)c2c(Cl)c(C(F)(F)F)nn2C)C1. The Labute approximate surface area is 141 Å². The van der Waals surface area contributed by atoms with E-state index in [1.165, 1.54) is 11.9 Å². The molecular weight excluding hydrogens is 351 g/mol. The number of halogens is 4. The van der Waals surface area contributed by atoms with Gasteiger partial charge in [-0.3, -0.25) is 14.3 Å².